The molecule has 1 heterocycles. The Kier molecular flexibility index (Phi) is 4.02. The molecular formula is C17H15ClN4. The zero-order chi connectivity index (χ0) is 15.5. The van der Waals surface area contributed by atoms with Gasteiger partial charge in [0, 0.05) is 22.6 Å². The first-order valence-electron chi connectivity index (χ1n) is 7.03. The third-order valence-electron chi connectivity index (χ3n) is 3.30. The van der Waals surface area contributed by atoms with E-state index in [9.17, 15) is 0 Å². The second kappa shape index (κ2) is 6.12. The fourth-order valence-corrected chi connectivity index (χ4v) is 2.44. The van der Waals surface area contributed by atoms with Gasteiger partial charge < -0.3 is 5.73 Å². The molecule has 2 N–H and O–H groups in total. The Bertz CT molecular complexity index is 792. The van der Waals surface area contributed by atoms with Crippen molar-refractivity contribution in [2.24, 2.45) is 20.7 Å². The largest absolute Gasteiger partial charge is 0.368 e. The van der Waals surface area contributed by atoms with Gasteiger partial charge in [-0.05, 0) is 18.2 Å². The van der Waals surface area contributed by atoms with Crippen molar-refractivity contribution in [2.45, 2.75) is 13.3 Å². The smallest absolute Gasteiger partial charge is 0.222 e. The van der Waals surface area contributed by atoms with Crippen molar-refractivity contribution >= 4 is 34.8 Å². The minimum Gasteiger partial charge on any atom is -0.368 e. The van der Waals surface area contributed by atoms with Crippen LogP contribution in [0.2, 0.25) is 5.02 Å². The molecule has 0 spiro atoms. The molecule has 3 rings (SSSR count). The number of hydrogen-bond acceptors (Lipinski definition) is 4. The molecule has 110 valence electrons. The Hall–Kier alpha value is -2.46. The predicted molar refractivity (Wildman–Crippen MR) is 92.5 cm³/mol. The van der Waals surface area contributed by atoms with E-state index in [1.165, 1.54) is 0 Å². The van der Waals surface area contributed by atoms with Gasteiger partial charge in [0.25, 0.3) is 0 Å². The number of nitrogens with two attached hydrogens (primary N) is 1. The molecule has 0 amide bonds. The summed E-state index contributed by atoms with van der Waals surface area (Å²) in [6.45, 7) is 1.98. The van der Waals surface area contributed by atoms with Crippen LogP contribution in [0.5, 0.6) is 0 Å². The lowest BCUT2D eigenvalue weighted by atomic mass is 10.0. The minimum atomic E-state index is 0.199. The van der Waals surface area contributed by atoms with Crippen LogP contribution < -0.4 is 5.73 Å². The number of hydrogen-bond donors (Lipinski definition) is 1. The van der Waals surface area contributed by atoms with Crippen molar-refractivity contribution in [1.82, 2.24) is 0 Å². The summed E-state index contributed by atoms with van der Waals surface area (Å²) < 4.78 is 0. The predicted octanol–water partition coefficient (Wildman–Crippen LogP) is 3.95. The number of nitrogens with zero attached hydrogens (tertiary/aromatic N) is 3. The second-order valence-corrected chi connectivity index (χ2v) is 5.28. The molecule has 1 aliphatic rings. The van der Waals surface area contributed by atoms with Crippen LogP contribution in [0, 0.1) is 0 Å². The van der Waals surface area contributed by atoms with E-state index in [1.54, 1.807) is 0 Å². The number of halogens is 1. The van der Waals surface area contributed by atoms with E-state index in [0.717, 1.165) is 22.5 Å². The van der Waals surface area contributed by atoms with Gasteiger partial charge in [-0.1, -0.05) is 48.9 Å². The average molecular weight is 311 g/mol. The lowest BCUT2D eigenvalue weighted by molar-refractivity contribution is 1.22. The van der Waals surface area contributed by atoms with Crippen molar-refractivity contribution < 1.29 is 0 Å². The number of amidine groups is 1. The van der Waals surface area contributed by atoms with E-state index in [1.807, 2.05) is 55.5 Å². The maximum absolute atomic E-state index is 6.17. The Morgan fingerprint density at radius 1 is 1.00 bits per heavy atom. The van der Waals surface area contributed by atoms with Crippen LogP contribution in [0.4, 0.5) is 5.69 Å². The van der Waals surface area contributed by atoms with Crippen LogP contribution in [0.15, 0.2) is 63.5 Å². The zero-order valence-electron chi connectivity index (χ0n) is 12.1. The van der Waals surface area contributed by atoms with Crippen LogP contribution in [0.1, 0.15) is 24.5 Å². The first kappa shape index (κ1) is 14.5. The molecular weight excluding hydrogens is 296 g/mol. The first-order chi connectivity index (χ1) is 10.7. The standard InChI is InChI=1S/C17H15ClN4/c1-2-15-20-14-9-8-12(18)10-13(14)16(22-17(19)21-15)11-6-4-3-5-7-11/h3-10H,2H2,1H3,(H2,19,20,21,22). The summed E-state index contributed by atoms with van der Waals surface area (Å²) >= 11 is 6.17. The summed E-state index contributed by atoms with van der Waals surface area (Å²) in [7, 11) is 0. The molecule has 2 aromatic carbocycles. The first-order valence-corrected chi connectivity index (χ1v) is 7.41. The summed E-state index contributed by atoms with van der Waals surface area (Å²) in [5.41, 5.74) is 9.25. The molecule has 0 saturated carbocycles. The Morgan fingerprint density at radius 3 is 2.50 bits per heavy atom. The molecule has 0 saturated heterocycles. The Morgan fingerprint density at radius 2 is 1.77 bits per heavy atom. The number of guanidine groups is 1. The maximum Gasteiger partial charge on any atom is 0.222 e. The van der Waals surface area contributed by atoms with Crippen LogP contribution in [-0.2, 0) is 0 Å². The van der Waals surface area contributed by atoms with Gasteiger partial charge in [0.15, 0.2) is 0 Å². The van der Waals surface area contributed by atoms with Crippen LogP contribution >= 0.6 is 11.6 Å². The van der Waals surface area contributed by atoms with E-state index in [4.69, 9.17) is 17.3 Å². The average Bonchev–Trinajstić information content (AvgIpc) is 2.53. The zero-order valence-corrected chi connectivity index (χ0v) is 12.9. The van der Waals surface area contributed by atoms with E-state index < -0.39 is 0 Å². The lowest BCUT2D eigenvalue weighted by Crippen LogP contribution is -2.17. The van der Waals surface area contributed by atoms with Crippen molar-refractivity contribution in [2.75, 3.05) is 0 Å². The van der Waals surface area contributed by atoms with Crippen molar-refractivity contribution in [1.29, 1.82) is 0 Å². The van der Waals surface area contributed by atoms with Crippen LogP contribution in [0.3, 0.4) is 0 Å². The molecule has 22 heavy (non-hydrogen) atoms. The molecule has 0 unspecified atom stereocenters. The molecule has 1 aliphatic heterocycles. The fourth-order valence-electron chi connectivity index (χ4n) is 2.27. The monoisotopic (exact) mass is 310 g/mol. The highest BCUT2D eigenvalue weighted by Crippen LogP contribution is 2.28. The highest BCUT2D eigenvalue weighted by molar-refractivity contribution is 6.32. The van der Waals surface area contributed by atoms with Gasteiger partial charge in [0.2, 0.25) is 5.96 Å². The molecule has 0 atom stereocenters. The quantitative estimate of drug-likeness (QED) is 0.897. The van der Waals surface area contributed by atoms with Crippen LogP contribution in [-0.4, -0.2) is 17.5 Å². The minimum absolute atomic E-state index is 0.199. The van der Waals surface area contributed by atoms with Crippen molar-refractivity contribution in [3.8, 4) is 0 Å². The van der Waals surface area contributed by atoms with Gasteiger partial charge in [-0.2, -0.15) is 4.99 Å². The molecule has 4 nitrogen and oxygen atoms in total. The number of rotatable bonds is 2. The fraction of sp³-hybridized carbons (Fsp3) is 0.118. The van der Waals surface area contributed by atoms with Gasteiger partial charge in [-0.25, -0.2) is 9.98 Å². The van der Waals surface area contributed by atoms with Crippen molar-refractivity contribution in [3.05, 3.63) is 64.7 Å². The molecule has 0 aromatic heterocycles. The summed E-state index contributed by atoms with van der Waals surface area (Å²) in [5, 5.41) is 0.631. The van der Waals surface area contributed by atoms with E-state index in [-0.39, 0.29) is 5.96 Å². The van der Waals surface area contributed by atoms with Gasteiger partial charge in [-0.3, -0.25) is 0 Å². The molecule has 0 aliphatic carbocycles. The van der Waals surface area contributed by atoms with Gasteiger partial charge >= 0.3 is 0 Å². The normalized spacial score (nSPS) is 16.5. The highest BCUT2D eigenvalue weighted by atomic mass is 35.5. The number of aliphatic imine (C=N–C) groups is 3. The molecule has 5 heteroatoms. The topological polar surface area (TPSA) is 63.1 Å². The van der Waals surface area contributed by atoms with Gasteiger partial charge in [0.1, 0.15) is 5.84 Å². The van der Waals surface area contributed by atoms with E-state index in [0.29, 0.717) is 17.3 Å². The third-order valence-corrected chi connectivity index (χ3v) is 3.53. The SMILES string of the molecule is CCC1=Nc2ccc(Cl)cc2/C(c2ccccc2)=N\C(N)=N1. The van der Waals surface area contributed by atoms with E-state index in [2.05, 4.69) is 15.0 Å². The van der Waals surface area contributed by atoms with Crippen molar-refractivity contribution in [3.63, 3.8) is 0 Å². The Labute approximate surface area is 134 Å². The van der Waals surface area contributed by atoms with Gasteiger partial charge in [0.05, 0.1) is 11.4 Å². The summed E-state index contributed by atoms with van der Waals surface area (Å²) in [6, 6.07) is 15.4. The molecule has 0 radical (unpaired) electrons. The van der Waals surface area contributed by atoms with Gasteiger partial charge in [-0.15, -0.1) is 0 Å². The maximum atomic E-state index is 6.17. The second-order valence-electron chi connectivity index (χ2n) is 4.84. The third kappa shape index (κ3) is 2.92. The summed E-state index contributed by atoms with van der Waals surface area (Å²) in [5.74, 6) is 0.849. The summed E-state index contributed by atoms with van der Waals surface area (Å²) in [4.78, 5) is 13.4. The Balaban J connectivity index is 2.27. The molecule has 0 fully saturated rings. The summed E-state index contributed by atoms with van der Waals surface area (Å²) in [6.07, 6.45) is 0.680. The van der Waals surface area contributed by atoms with E-state index >= 15 is 0 Å². The number of fused-ring (bicyclic) bond motifs is 1. The molecule has 0 bridgehead atoms. The number of benzene rings is 2. The lowest BCUT2D eigenvalue weighted by Gasteiger charge is -2.13. The van der Waals surface area contributed by atoms with Crippen LogP contribution in [0.25, 0.3) is 0 Å². The molecule has 2 aromatic rings. The highest BCUT2D eigenvalue weighted by Gasteiger charge is 2.15.